The van der Waals surface area contributed by atoms with E-state index in [1.165, 1.54) is 7.11 Å². The Morgan fingerprint density at radius 3 is 2.11 bits per heavy atom. The van der Waals surface area contributed by atoms with Crippen LogP contribution in [0.25, 0.3) is 0 Å². The second-order valence-corrected chi connectivity index (χ2v) is 3.91. The summed E-state index contributed by atoms with van der Waals surface area (Å²) in [6, 6.07) is 16.5. The van der Waals surface area contributed by atoms with Crippen LogP contribution in [0.5, 0.6) is 5.75 Å². The molecule has 2 aromatic carbocycles. The van der Waals surface area contributed by atoms with Crippen LogP contribution in [0.2, 0.25) is 0 Å². The number of rotatable bonds is 4. The van der Waals surface area contributed by atoms with Gasteiger partial charge in [-0.2, -0.15) is 0 Å². The molecule has 0 aliphatic heterocycles. The van der Waals surface area contributed by atoms with Gasteiger partial charge in [-0.25, -0.2) is 0 Å². The van der Waals surface area contributed by atoms with Crippen molar-refractivity contribution in [1.29, 1.82) is 0 Å². The number of benzene rings is 2. The average molecular weight is 244 g/mol. The highest BCUT2D eigenvalue weighted by Gasteiger charge is 2.34. The first-order chi connectivity index (χ1) is 8.72. The van der Waals surface area contributed by atoms with E-state index in [1.54, 1.807) is 19.2 Å². The molecule has 0 fully saturated rings. The molecule has 1 atom stereocenters. The Bertz CT molecular complexity index is 510. The van der Waals surface area contributed by atoms with Gasteiger partial charge < -0.3 is 14.6 Å². The van der Waals surface area contributed by atoms with Gasteiger partial charge in [-0.15, -0.1) is 0 Å². The van der Waals surface area contributed by atoms with E-state index in [2.05, 4.69) is 0 Å². The quantitative estimate of drug-likeness (QED) is 0.840. The molecule has 2 aromatic rings. The monoisotopic (exact) mass is 244 g/mol. The molecule has 2 rings (SSSR count). The maximum absolute atomic E-state index is 10.8. The standard InChI is InChI=1S/C15H16O3/c1-17-14-11-7-6-10-13(14)15(16,18-2)12-8-4-3-5-9-12/h3-11,16H,1-2H3. The molecule has 0 amide bonds. The van der Waals surface area contributed by atoms with E-state index in [0.717, 1.165) is 0 Å². The molecule has 0 aliphatic rings. The van der Waals surface area contributed by atoms with E-state index in [4.69, 9.17) is 9.47 Å². The minimum atomic E-state index is -1.51. The van der Waals surface area contributed by atoms with Crippen LogP contribution in [-0.4, -0.2) is 19.3 Å². The maximum atomic E-state index is 10.8. The van der Waals surface area contributed by atoms with Crippen molar-refractivity contribution >= 4 is 0 Å². The van der Waals surface area contributed by atoms with Gasteiger partial charge in [-0.1, -0.05) is 42.5 Å². The van der Waals surface area contributed by atoms with Crippen molar-refractivity contribution in [1.82, 2.24) is 0 Å². The molecular weight excluding hydrogens is 228 g/mol. The Hall–Kier alpha value is -1.84. The number of para-hydroxylation sites is 1. The van der Waals surface area contributed by atoms with Crippen molar-refractivity contribution in [3.05, 3.63) is 65.7 Å². The minimum Gasteiger partial charge on any atom is -0.496 e. The third kappa shape index (κ3) is 2.10. The molecule has 18 heavy (non-hydrogen) atoms. The molecule has 3 heteroatoms. The van der Waals surface area contributed by atoms with E-state index in [1.807, 2.05) is 42.5 Å². The number of ether oxygens (including phenoxy) is 2. The summed E-state index contributed by atoms with van der Waals surface area (Å²) in [5.41, 5.74) is 1.25. The molecule has 0 saturated carbocycles. The van der Waals surface area contributed by atoms with Crippen LogP contribution in [0.1, 0.15) is 11.1 Å². The summed E-state index contributed by atoms with van der Waals surface area (Å²) in [7, 11) is 3.04. The highest BCUT2D eigenvalue weighted by atomic mass is 16.6. The first-order valence-electron chi connectivity index (χ1n) is 5.69. The lowest BCUT2D eigenvalue weighted by Gasteiger charge is -2.28. The smallest absolute Gasteiger partial charge is 0.223 e. The van der Waals surface area contributed by atoms with Crippen LogP contribution >= 0.6 is 0 Å². The fourth-order valence-electron chi connectivity index (χ4n) is 1.97. The van der Waals surface area contributed by atoms with Gasteiger partial charge >= 0.3 is 0 Å². The fraction of sp³-hybridized carbons (Fsp3) is 0.200. The molecule has 0 saturated heterocycles. The topological polar surface area (TPSA) is 38.7 Å². The SMILES string of the molecule is COc1ccccc1C(O)(OC)c1ccccc1. The zero-order chi connectivity index (χ0) is 13.0. The van der Waals surface area contributed by atoms with Crippen molar-refractivity contribution in [3.63, 3.8) is 0 Å². The molecule has 0 radical (unpaired) electrons. The molecule has 0 heterocycles. The first-order valence-corrected chi connectivity index (χ1v) is 5.69. The van der Waals surface area contributed by atoms with Gasteiger partial charge in [0, 0.05) is 12.7 Å². The number of aliphatic hydroxyl groups is 1. The average Bonchev–Trinajstić information content (AvgIpc) is 2.47. The molecule has 0 bridgehead atoms. The minimum absolute atomic E-state index is 0.584. The normalized spacial score (nSPS) is 13.9. The van der Waals surface area contributed by atoms with Crippen molar-refractivity contribution in [2.45, 2.75) is 5.79 Å². The molecule has 0 spiro atoms. The van der Waals surface area contributed by atoms with Crippen molar-refractivity contribution in [2.24, 2.45) is 0 Å². The molecule has 1 unspecified atom stereocenters. The van der Waals surface area contributed by atoms with Crippen LogP contribution in [0.4, 0.5) is 0 Å². The second kappa shape index (κ2) is 5.21. The number of methoxy groups -OCH3 is 2. The number of hydrogen-bond donors (Lipinski definition) is 1. The van der Waals surface area contributed by atoms with E-state index in [0.29, 0.717) is 16.9 Å². The third-order valence-electron chi connectivity index (χ3n) is 2.93. The van der Waals surface area contributed by atoms with Crippen molar-refractivity contribution < 1.29 is 14.6 Å². The molecule has 1 N–H and O–H groups in total. The third-order valence-corrected chi connectivity index (χ3v) is 2.93. The van der Waals surface area contributed by atoms with E-state index < -0.39 is 5.79 Å². The van der Waals surface area contributed by atoms with Gasteiger partial charge in [0.2, 0.25) is 5.79 Å². The van der Waals surface area contributed by atoms with Crippen molar-refractivity contribution in [3.8, 4) is 5.75 Å². The van der Waals surface area contributed by atoms with Gasteiger partial charge in [0.05, 0.1) is 12.7 Å². The van der Waals surface area contributed by atoms with Gasteiger partial charge in [-0.05, 0) is 12.1 Å². The van der Waals surface area contributed by atoms with E-state index in [-0.39, 0.29) is 0 Å². The van der Waals surface area contributed by atoms with Gasteiger partial charge in [0.1, 0.15) is 5.75 Å². The fourth-order valence-corrected chi connectivity index (χ4v) is 1.97. The van der Waals surface area contributed by atoms with E-state index >= 15 is 0 Å². The predicted octanol–water partition coefficient (Wildman–Crippen LogP) is 2.54. The van der Waals surface area contributed by atoms with Crippen LogP contribution in [0.15, 0.2) is 54.6 Å². The molecule has 0 aliphatic carbocycles. The Morgan fingerprint density at radius 1 is 0.889 bits per heavy atom. The highest BCUT2D eigenvalue weighted by molar-refractivity contribution is 5.42. The van der Waals surface area contributed by atoms with E-state index in [9.17, 15) is 5.11 Å². The molecule has 94 valence electrons. The predicted molar refractivity (Wildman–Crippen MR) is 69.4 cm³/mol. The Balaban J connectivity index is 2.57. The molecule has 0 aromatic heterocycles. The van der Waals surface area contributed by atoms with Gasteiger partial charge in [-0.3, -0.25) is 0 Å². The lowest BCUT2D eigenvalue weighted by Crippen LogP contribution is -2.30. The molecule has 3 nitrogen and oxygen atoms in total. The summed E-state index contributed by atoms with van der Waals surface area (Å²) in [5, 5.41) is 10.8. The van der Waals surface area contributed by atoms with Crippen molar-refractivity contribution in [2.75, 3.05) is 14.2 Å². The lowest BCUT2D eigenvalue weighted by atomic mass is 9.96. The van der Waals surface area contributed by atoms with Gasteiger partial charge in [0.25, 0.3) is 0 Å². The Morgan fingerprint density at radius 2 is 1.50 bits per heavy atom. The zero-order valence-electron chi connectivity index (χ0n) is 10.5. The summed E-state index contributed by atoms with van der Waals surface area (Å²) in [6.07, 6.45) is 0. The summed E-state index contributed by atoms with van der Waals surface area (Å²) >= 11 is 0. The van der Waals surface area contributed by atoms with Crippen LogP contribution < -0.4 is 4.74 Å². The summed E-state index contributed by atoms with van der Waals surface area (Å²) < 4.78 is 10.6. The Kier molecular flexibility index (Phi) is 3.65. The summed E-state index contributed by atoms with van der Waals surface area (Å²) in [6.45, 7) is 0. The highest BCUT2D eigenvalue weighted by Crippen LogP contribution is 2.35. The summed E-state index contributed by atoms with van der Waals surface area (Å²) in [4.78, 5) is 0. The summed E-state index contributed by atoms with van der Waals surface area (Å²) in [5.74, 6) is -0.917. The van der Waals surface area contributed by atoms with Crippen LogP contribution in [0, 0.1) is 0 Å². The first kappa shape index (κ1) is 12.6. The zero-order valence-corrected chi connectivity index (χ0v) is 10.5. The Labute approximate surface area is 107 Å². The lowest BCUT2D eigenvalue weighted by molar-refractivity contribution is -0.160. The second-order valence-electron chi connectivity index (χ2n) is 3.91. The number of hydrogen-bond acceptors (Lipinski definition) is 3. The molecular formula is C15H16O3. The maximum Gasteiger partial charge on any atom is 0.223 e. The van der Waals surface area contributed by atoms with Crippen LogP contribution in [0.3, 0.4) is 0 Å². The largest absolute Gasteiger partial charge is 0.496 e. The van der Waals surface area contributed by atoms with Crippen LogP contribution in [-0.2, 0) is 10.5 Å². The van der Waals surface area contributed by atoms with Gasteiger partial charge in [0.15, 0.2) is 0 Å².